The van der Waals surface area contributed by atoms with Gasteiger partial charge in [-0.25, -0.2) is 13.4 Å². The van der Waals surface area contributed by atoms with Gasteiger partial charge in [-0.2, -0.15) is 9.57 Å². The summed E-state index contributed by atoms with van der Waals surface area (Å²) in [6.45, 7) is 0.427. The second kappa shape index (κ2) is 9.33. The zero-order chi connectivity index (χ0) is 24.4. The number of nitriles is 1. The third-order valence-corrected chi connectivity index (χ3v) is 8.24. The molecule has 2 heterocycles. The van der Waals surface area contributed by atoms with Crippen LogP contribution in [0.1, 0.15) is 18.4 Å². The number of carbonyl (C=O) groups excluding carboxylic acids is 1. The number of carbonyl (C=O) groups is 1. The van der Waals surface area contributed by atoms with E-state index in [9.17, 15) is 18.5 Å². The molecule has 0 bridgehead atoms. The van der Waals surface area contributed by atoms with E-state index < -0.39 is 10.0 Å². The number of para-hydroxylation sites is 3. The van der Waals surface area contributed by atoms with Crippen LogP contribution in [0.2, 0.25) is 0 Å². The molecule has 0 saturated carbocycles. The summed E-state index contributed by atoms with van der Waals surface area (Å²) in [5, 5.41) is 12.3. The Bertz CT molecular complexity index is 1510. The summed E-state index contributed by atoms with van der Waals surface area (Å²) in [7, 11) is -3.80. The average molecular weight is 486 g/mol. The zero-order valence-corrected chi connectivity index (χ0v) is 19.6. The van der Waals surface area contributed by atoms with Gasteiger partial charge >= 0.3 is 0 Å². The summed E-state index contributed by atoms with van der Waals surface area (Å²) in [4.78, 5) is 21.0. The van der Waals surface area contributed by atoms with Crippen LogP contribution in [0, 0.1) is 17.2 Å². The van der Waals surface area contributed by atoms with Gasteiger partial charge in [0, 0.05) is 24.6 Å². The number of hydrogen-bond donors (Lipinski definition) is 2. The average Bonchev–Trinajstić information content (AvgIpc) is 3.33. The molecule has 176 valence electrons. The van der Waals surface area contributed by atoms with E-state index in [1.54, 1.807) is 12.1 Å². The fourth-order valence-corrected chi connectivity index (χ4v) is 6.01. The topological polar surface area (TPSA) is 119 Å². The maximum atomic E-state index is 13.1. The number of hydrogen-bond acceptors (Lipinski definition) is 5. The van der Waals surface area contributed by atoms with Crippen molar-refractivity contribution in [2.45, 2.75) is 17.7 Å². The first-order valence-corrected chi connectivity index (χ1v) is 12.8. The molecule has 0 radical (unpaired) electrons. The number of amides is 1. The molecule has 1 saturated heterocycles. The van der Waals surface area contributed by atoms with Crippen molar-refractivity contribution in [3.63, 3.8) is 0 Å². The van der Waals surface area contributed by atoms with Crippen molar-refractivity contribution in [1.29, 1.82) is 5.26 Å². The molecule has 35 heavy (non-hydrogen) atoms. The van der Waals surface area contributed by atoms with E-state index in [1.165, 1.54) is 16.4 Å². The number of fused-ring (bicyclic) bond motifs is 1. The van der Waals surface area contributed by atoms with Crippen molar-refractivity contribution in [3.8, 4) is 17.5 Å². The van der Waals surface area contributed by atoms with Crippen LogP contribution in [-0.2, 0) is 14.8 Å². The first-order valence-electron chi connectivity index (χ1n) is 11.3. The molecular weight excluding hydrogens is 462 g/mol. The molecule has 1 aromatic heterocycles. The lowest BCUT2D eigenvalue weighted by atomic mass is 9.97. The number of piperidine rings is 1. The van der Waals surface area contributed by atoms with Crippen molar-refractivity contribution in [3.05, 3.63) is 78.4 Å². The Morgan fingerprint density at radius 1 is 1.00 bits per heavy atom. The van der Waals surface area contributed by atoms with Crippen LogP contribution >= 0.6 is 0 Å². The minimum atomic E-state index is -3.80. The van der Waals surface area contributed by atoms with Crippen molar-refractivity contribution >= 4 is 32.7 Å². The molecule has 0 aliphatic carbocycles. The van der Waals surface area contributed by atoms with Crippen LogP contribution < -0.4 is 5.32 Å². The molecule has 0 unspecified atom stereocenters. The minimum absolute atomic E-state index is 0.00478. The molecule has 0 spiro atoms. The predicted octanol–water partition coefficient (Wildman–Crippen LogP) is 4.14. The summed E-state index contributed by atoms with van der Waals surface area (Å²) in [6.07, 6.45) is 0.791. The second-order valence-corrected chi connectivity index (χ2v) is 10.3. The highest BCUT2D eigenvalue weighted by atomic mass is 32.2. The largest absolute Gasteiger partial charge is 0.338 e. The van der Waals surface area contributed by atoms with Crippen LogP contribution in [0.15, 0.2) is 77.7 Å². The van der Waals surface area contributed by atoms with Gasteiger partial charge in [0.15, 0.2) is 0 Å². The molecule has 2 N–H and O–H groups in total. The quantitative estimate of drug-likeness (QED) is 0.440. The molecular formula is C26H23N5O3S. The van der Waals surface area contributed by atoms with Gasteiger partial charge in [-0.15, -0.1) is 0 Å². The van der Waals surface area contributed by atoms with Crippen LogP contribution in [0.3, 0.4) is 0 Å². The Kier molecular flexibility index (Phi) is 6.07. The summed E-state index contributed by atoms with van der Waals surface area (Å²) < 4.78 is 27.5. The number of H-pyrrole nitrogens is 1. The predicted molar refractivity (Wildman–Crippen MR) is 133 cm³/mol. The van der Waals surface area contributed by atoms with E-state index in [0.29, 0.717) is 24.4 Å². The van der Waals surface area contributed by atoms with Crippen molar-refractivity contribution < 1.29 is 13.2 Å². The van der Waals surface area contributed by atoms with Gasteiger partial charge in [0.05, 0.1) is 27.2 Å². The fourth-order valence-electron chi connectivity index (χ4n) is 4.40. The summed E-state index contributed by atoms with van der Waals surface area (Å²) in [6, 6.07) is 23.3. The van der Waals surface area contributed by atoms with Crippen molar-refractivity contribution in [2.75, 3.05) is 18.4 Å². The van der Waals surface area contributed by atoms with Gasteiger partial charge in [-0.3, -0.25) is 4.79 Å². The highest BCUT2D eigenvalue weighted by Gasteiger charge is 2.33. The van der Waals surface area contributed by atoms with E-state index in [1.807, 2.05) is 54.6 Å². The fraction of sp³-hybridized carbons (Fsp3) is 0.192. The van der Waals surface area contributed by atoms with Crippen LogP contribution in [-0.4, -0.2) is 41.7 Å². The normalized spacial score (nSPS) is 15.1. The van der Waals surface area contributed by atoms with Gasteiger partial charge in [0.1, 0.15) is 11.9 Å². The summed E-state index contributed by atoms with van der Waals surface area (Å²) in [5.41, 5.74) is 3.31. The van der Waals surface area contributed by atoms with E-state index in [0.717, 1.165) is 16.6 Å². The van der Waals surface area contributed by atoms with Crippen LogP contribution in [0.25, 0.3) is 22.4 Å². The Labute approximate surface area is 203 Å². The van der Waals surface area contributed by atoms with E-state index in [-0.39, 0.29) is 35.4 Å². The number of benzene rings is 3. The highest BCUT2D eigenvalue weighted by molar-refractivity contribution is 7.89. The first kappa shape index (κ1) is 22.8. The SMILES string of the molecule is N#Cc1ccccc1S(=O)(=O)N1CCC(C(=O)Nc2ccccc2-c2nc3ccccc3[nH]2)CC1. The van der Waals surface area contributed by atoms with Gasteiger partial charge in [0.2, 0.25) is 15.9 Å². The van der Waals surface area contributed by atoms with Gasteiger partial charge in [-0.05, 0) is 49.2 Å². The number of nitrogens with zero attached hydrogens (tertiary/aromatic N) is 3. The Morgan fingerprint density at radius 2 is 1.69 bits per heavy atom. The molecule has 3 aromatic carbocycles. The van der Waals surface area contributed by atoms with E-state index in [2.05, 4.69) is 15.3 Å². The molecule has 1 fully saturated rings. The molecule has 1 aliphatic heterocycles. The molecule has 0 atom stereocenters. The third-order valence-electron chi connectivity index (χ3n) is 6.28. The number of imidazole rings is 1. The molecule has 4 aromatic rings. The third kappa shape index (κ3) is 4.41. The number of aromatic amines is 1. The van der Waals surface area contributed by atoms with Gasteiger partial charge in [-0.1, -0.05) is 36.4 Å². The van der Waals surface area contributed by atoms with E-state index in [4.69, 9.17) is 0 Å². The Morgan fingerprint density at radius 3 is 2.46 bits per heavy atom. The number of aromatic nitrogens is 2. The first-order chi connectivity index (χ1) is 17.0. The number of nitrogens with one attached hydrogen (secondary N) is 2. The van der Waals surface area contributed by atoms with Gasteiger partial charge < -0.3 is 10.3 Å². The van der Waals surface area contributed by atoms with Crippen LogP contribution in [0.4, 0.5) is 5.69 Å². The zero-order valence-electron chi connectivity index (χ0n) is 18.8. The number of rotatable bonds is 5. The van der Waals surface area contributed by atoms with Crippen molar-refractivity contribution in [2.24, 2.45) is 5.92 Å². The molecule has 8 nitrogen and oxygen atoms in total. The lowest BCUT2D eigenvalue weighted by Gasteiger charge is -2.30. The van der Waals surface area contributed by atoms with Crippen molar-refractivity contribution in [1.82, 2.24) is 14.3 Å². The molecule has 5 rings (SSSR count). The maximum Gasteiger partial charge on any atom is 0.244 e. The second-order valence-electron chi connectivity index (χ2n) is 8.42. The molecule has 1 aliphatic rings. The highest BCUT2D eigenvalue weighted by Crippen LogP contribution is 2.30. The molecule has 1 amide bonds. The lowest BCUT2D eigenvalue weighted by molar-refractivity contribution is -0.120. The smallest absolute Gasteiger partial charge is 0.244 e. The minimum Gasteiger partial charge on any atom is -0.338 e. The standard InChI is InChI=1S/C26H23N5O3S/c27-17-19-7-1-6-12-24(19)35(33,34)31-15-13-18(14-16-31)26(32)30-21-9-3-2-8-20(21)25-28-22-10-4-5-11-23(22)29-25/h1-12,18H,13-16H2,(H,28,29)(H,30,32). The Balaban J connectivity index is 1.29. The summed E-state index contributed by atoms with van der Waals surface area (Å²) >= 11 is 0. The number of sulfonamides is 1. The monoisotopic (exact) mass is 485 g/mol. The maximum absolute atomic E-state index is 13.1. The molecule has 9 heteroatoms. The van der Waals surface area contributed by atoms with Gasteiger partial charge in [0.25, 0.3) is 0 Å². The summed E-state index contributed by atoms with van der Waals surface area (Å²) in [5.74, 6) is 0.193. The lowest BCUT2D eigenvalue weighted by Crippen LogP contribution is -2.41. The van der Waals surface area contributed by atoms with Crippen LogP contribution in [0.5, 0.6) is 0 Å². The Hall–Kier alpha value is -4.00. The number of anilines is 1. The van der Waals surface area contributed by atoms with E-state index >= 15 is 0 Å².